The van der Waals surface area contributed by atoms with Gasteiger partial charge in [-0.1, -0.05) is 0 Å². The monoisotopic (exact) mass is 235 g/mol. The van der Waals surface area contributed by atoms with Crippen LogP contribution in [0.4, 0.5) is 0 Å². The van der Waals surface area contributed by atoms with E-state index in [1.54, 1.807) is 0 Å². The van der Waals surface area contributed by atoms with Crippen LogP contribution in [0.3, 0.4) is 0 Å². The van der Waals surface area contributed by atoms with Gasteiger partial charge in [0.1, 0.15) is 6.10 Å². The van der Waals surface area contributed by atoms with Gasteiger partial charge in [0.15, 0.2) is 0 Å². The number of hydrogen-bond acceptors (Lipinski definition) is 2. The number of likely N-dealkylation sites (tertiary alicyclic amines) is 1. The number of carbonyl (C=O) groups excluding carboxylic acids is 1. The Morgan fingerprint density at radius 1 is 1.12 bits per heavy atom. The molecule has 1 aliphatic heterocycles. The Morgan fingerprint density at radius 2 is 1.65 bits per heavy atom. The quantitative estimate of drug-likeness (QED) is 0.689. The van der Waals surface area contributed by atoms with Crippen molar-refractivity contribution in [2.75, 3.05) is 7.05 Å². The zero-order valence-corrected chi connectivity index (χ0v) is 10.4. The minimum atomic E-state index is -0.725. The van der Waals surface area contributed by atoms with Crippen molar-refractivity contribution in [3.05, 3.63) is 0 Å². The van der Waals surface area contributed by atoms with E-state index in [1.807, 2.05) is 11.9 Å². The van der Waals surface area contributed by atoms with Crippen molar-refractivity contribution in [3.8, 4) is 0 Å². The summed E-state index contributed by atoms with van der Waals surface area (Å²) in [5.41, 5.74) is 0.0317. The number of aliphatic hydroxyl groups excluding tert-OH is 1. The molecule has 1 heterocycles. The summed E-state index contributed by atoms with van der Waals surface area (Å²) in [6.07, 6.45) is 6.63. The summed E-state index contributed by atoms with van der Waals surface area (Å²) >= 11 is 0. The van der Waals surface area contributed by atoms with Gasteiger partial charge >= 0.3 is 0 Å². The first-order valence-corrected chi connectivity index (χ1v) is 7.07. The highest BCUT2D eigenvalue weighted by Crippen LogP contribution is 2.62. The van der Waals surface area contributed by atoms with Gasteiger partial charge in [0.25, 0.3) is 5.91 Å². The van der Waals surface area contributed by atoms with E-state index in [4.69, 9.17) is 0 Å². The average molecular weight is 235 g/mol. The van der Waals surface area contributed by atoms with Gasteiger partial charge in [-0.05, 0) is 55.8 Å². The van der Waals surface area contributed by atoms with E-state index in [-0.39, 0.29) is 11.4 Å². The molecular formula is C14H21NO2. The number of aliphatic hydroxyl groups is 1. The van der Waals surface area contributed by atoms with E-state index in [1.165, 1.54) is 32.1 Å². The number of rotatable bonds is 0. The molecule has 1 N–H and O–H groups in total. The highest BCUT2D eigenvalue weighted by Gasteiger charge is 2.63. The van der Waals surface area contributed by atoms with Gasteiger partial charge in [0, 0.05) is 13.5 Å². The molecule has 0 radical (unpaired) electrons. The molecule has 5 fully saturated rings. The number of hydrogen-bond donors (Lipinski definition) is 1. The van der Waals surface area contributed by atoms with Gasteiger partial charge in [-0.15, -0.1) is 0 Å². The van der Waals surface area contributed by atoms with E-state index in [9.17, 15) is 9.90 Å². The Kier molecular flexibility index (Phi) is 1.86. The number of nitrogens with zero attached hydrogens (tertiary/aromatic N) is 1. The summed E-state index contributed by atoms with van der Waals surface area (Å²) in [7, 11) is 1.93. The summed E-state index contributed by atoms with van der Waals surface area (Å²) in [6, 6.07) is 0. The maximum Gasteiger partial charge on any atom is 0.251 e. The molecule has 1 saturated heterocycles. The molecule has 3 nitrogen and oxygen atoms in total. The van der Waals surface area contributed by atoms with Crippen LogP contribution in [0.2, 0.25) is 0 Å². The van der Waals surface area contributed by atoms with Crippen LogP contribution in [0, 0.1) is 23.7 Å². The molecule has 1 atom stereocenters. The molecule has 1 unspecified atom stereocenters. The van der Waals surface area contributed by atoms with E-state index in [0.29, 0.717) is 18.3 Å². The smallest absolute Gasteiger partial charge is 0.251 e. The van der Waals surface area contributed by atoms with Crippen LogP contribution in [0.1, 0.15) is 38.5 Å². The minimum absolute atomic E-state index is 0.0301. The van der Waals surface area contributed by atoms with E-state index in [0.717, 1.165) is 11.8 Å². The molecule has 17 heavy (non-hydrogen) atoms. The molecular weight excluding hydrogens is 214 g/mol. The Labute approximate surface area is 102 Å². The molecule has 94 valence electrons. The normalized spacial score (nSPS) is 56.2. The minimum Gasteiger partial charge on any atom is -0.383 e. The molecule has 3 heteroatoms. The van der Waals surface area contributed by atoms with Gasteiger partial charge in [0.2, 0.25) is 0 Å². The molecule has 4 bridgehead atoms. The van der Waals surface area contributed by atoms with Crippen molar-refractivity contribution in [2.24, 2.45) is 23.7 Å². The predicted molar refractivity (Wildman–Crippen MR) is 63.2 cm³/mol. The van der Waals surface area contributed by atoms with Crippen molar-refractivity contribution >= 4 is 5.91 Å². The van der Waals surface area contributed by atoms with Crippen molar-refractivity contribution in [3.63, 3.8) is 0 Å². The van der Waals surface area contributed by atoms with E-state index < -0.39 is 6.10 Å². The van der Waals surface area contributed by atoms with Crippen molar-refractivity contribution in [1.82, 2.24) is 4.90 Å². The van der Waals surface area contributed by atoms with Gasteiger partial charge in [-0.25, -0.2) is 0 Å². The fourth-order valence-electron chi connectivity index (χ4n) is 5.84. The second-order valence-electron chi connectivity index (χ2n) is 6.91. The third-order valence-corrected chi connectivity index (χ3v) is 6.31. The Bertz CT molecular complexity index is 350. The first kappa shape index (κ1) is 10.4. The largest absolute Gasteiger partial charge is 0.383 e. The van der Waals surface area contributed by atoms with Crippen LogP contribution in [-0.2, 0) is 4.79 Å². The van der Waals surface area contributed by atoms with Gasteiger partial charge in [-0.2, -0.15) is 0 Å². The average Bonchev–Trinajstić information content (AvgIpc) is 2.51. The van der Waals surface area contributed by atoms with Gasteiger partial charge < -0.3 is 10.0 Å². The standard InChI is InChI=1S/C14H21NO2/c1-15-13(17)12(16)7-14(15)10-3-8-2-9(5-10)6-11(14)4-8/h8-12,16H,2-7H2,1H3. The second kappa shape index (κ2) is 3.05. The van der Waals surface area contributed by atoms with Crippen molar-refractivity contribution < 1.29 is 9.90 Å². The van der Waals surface area contributed by atoms with Crippen LogP contribution in [-0.4, -0.2) is 34.6 Å². The van der Waals surface area contributed by atoms with Gasteiger partial charge in [-0.3, -0.25) is 4.79 Å². The van der Waals surface area contributed by atoms with E-state index in [2.05, 4.69) is 0 Å². The summed E-state index contributed by atoms with van der Waals surface area (Å²) in [6.45, 7) is 0. The highest BCUT2D eigenvalue weighted by atomic mass is 16.3. The Hall–Kier alpha value is -0.570. The molecule has 1 spiro atoms. The molecule has 5 aliphatic rings. The molecule has 0 aromatic heterocycles. The van der Waals surface area contributed by atoms with Crippen LogP contribution in [0.5, 0.6) is 0 Å². The van der Waals surface area contributed by atoms with Crippen LogP contribution in [0.15, 0.2) is 0 Å². The summed E-state index contributed by atoms with van der Waals surface area (Å²) in [5, 5.41) is 9.93. The summed E-state index contributed by atoms with van der Waals surface area (Å²) in [4.78, 5) is 13.9. The molecule has 4 saturated carbocycles. The third-order valence-electron chi connectivity index (χ3n) is 6.31. The lowest BCUT2D eigenvalue weighted by Gasteiger charge is -2.62. The van der Waals surface area contributed by atoms with Crippen LogP contribution in [0.25, 0.3) is 0 Å². The zero-order chi connectivity index (χ0) is 11.8. The molecule has 0 aromatic rings. The van der Waals surface area contributed by atoms with Crippen LogP contribution >= 0.6 is 0 Å². The number of carbonyl (C=O) groups is 1. The van der Waals surface area contributed by atoms with Crippen molar-refractivity contribution in [2.45, 2.75) is 50.2 Å². The number of amides is 1. The maximum atomic E-state index is 12.0. The molecule has 1 amide bonds. The summed E-state index contributed by atoms with van der Waals surface area (Å²) < 4.78 is 0. The Balaban J connectivity index is 1.76. The Morgan fingerprint density at radius 3 is 2.06 bits per heavy atom. The lowest BCUT2D eigenvalue weighted by Crippen LogP contribution is -2.63. The second-order valence-corrected chi connectivity index (χ2v) is 6.91. The number of likely N-dealkylation sites (N-methyl/N-ethyl adjacent to an activating group) is 1. The SMILES string of the molecule is CN1C(=O)C(O)CC12C1CC3CC(C1)CC2C3. The van der Waals surface area contributed by atoms with Crippen molar-refractivity contribution in [1.29, 1.82) is 0 Å². The fourth-order valence-corrected chi connectivity index (χ4v) is 5.84. The molecule has 5 rings (SSSR count). The zero-order valence-electron chi connectivity index (χ0n) is 10.4. The molecule has 0 aromatic carbocycles. The first-order valence-electron chi connectivity index (χ1n) is 7.07. The lowest BCUT2D eigenvalue weighted by molar-refractivity contribution is -0.148. The van der Waals surface area contributed by atoms with E-state index >= 15 is 0 Å². The highest BCUT2D eigenvalue weighted by molar-refractivity contribution is 5.84. The predicted octanol–water partition coefficient (Wildman–Crippen LogP) is 1.40. The molecule has 4 aliphatic carbocycles. The fraction of sp³-hybridized carbons (Fsp3) is 0.929. The maximum absolute atomic E-state index is 12.0. The first-order chi connectivity index (χ1) is 8.11. The summed E-state index contributed by atoms with van der Waals surface area (Å²) in [5.74, 6) is 3.15. The lowest BCUT2D eigenvalue weighted by atomic mass is 9.48. The van der Waals surface area contributed by atoms with Crippen LogP contribution < -0.4 is 0 Å². The van der Waals surface area contributed by atoms with Gasteiger partial charge in [0.05, 0.1) is 5.54 Å². The third kappa shape index (κ3) is 1.09. The topological polar surface area (TPSA) is 40.5 Å².